The van der Waals surface area contributed by atoms with E-state index in [0.717, 1.165) is 50.1 Å². The Balaban J connectivity index is 1.04. The molecule has 0 atom stereocenters. The van der Waals surface area contributed by atoms with Crippen molar-refractivity contribution in [3.8, 4) is 90.5 Å². The quantitative estimate of drug-likeness (QED) is 0.178. The number of rotatable bonds is 6. The van der Waals surface area contributed by atoms with E-state index < -0.39 is 0 Å². The van der Waals surface area contributed by atoms with E-state index in [-0.39, 0.29) is 0 Å². The zero-order chi connectivity index (χ0) is 33.3. The zero-order valence-corrected chi connectivity index (χ0v) is 26.6. The molecule has 50 heavy (non-hydrogen) atoms. The molecular formula is C43H27N5O2. The van der Waals surface area contributed by atoms with E-state index in [2.05, 4.69) is 22.1 Å². The lowest BCUT2D eigenvalue weighted by Crippen LogP contribution is -2.01. The first-order valence-electron chi connectivity index (χ1n) is 16.2. The largest absolute Gasteiger partial charge is 0.449 e. The van der Waals surface area contributed by atoms with Gasteiger partial charge in [-0.3, -0.25) is 9.97 Å². The van der Waals surface area contributed by atoms with Gasteiger partial charge in [0.25, 0.3) is 0 Å². The second-order valence-electron chi connectivity index (χ2n) is 11.8. The molecule has 0 unspecified atom stereocenters. The van der Waals surface area contributed by atoms with Crippen LogP contribution in [-0.2, 0) is 0 Å². The molecule has 1 aliphatic rings. The fraction of sp³-hybridized carbons (Fsp3) is 0. The Morgan fingerprint density at radius 2 is 0.740 bits per heavy atom. The van der Waals surface area contributed by atoms with Crippen LogP contribution in [0.1, 0.15) is 0 Å². The number of pyridine rings is 2. The van der Waals surface area contributed by atoms with Crippen molar-refractivity contribution in [1.82, 2.24) is 24.9 Å². The van der Waals surface area contributed by atoms with Crippen LogP contribution in [0.25, 0.3) is 67.5 Å². The van der Waals surface area contributed by atoms with Gasteiger partial charge in [0.1, 0.15) is 0 Å². The van der Waals surface area contributed by atoms with Gasteiger partial charge >= 0.3 is 0 Å². The first-order chi connectivity index (χ1) is 24.7. The minimum atomic E-state index is 0.609. The zero-order valence-electron chi connectivity index (χ0n) is 26.6. The number of hydrogen-bond donors (Lipinski definition) is 0. The van der Waals surface area contributed by atoms with Crippen molar-refractivity contribution >= 4 is 0 Å². The number of fused-ring (bicyclic) bond motifs is 2. The second-order valence-corrected chi connectivity index (χ2v) is 11.8. The highest BCUT2D eigenvalue weighted by Crippen LogP contribution is 2.50. The van der Waals surface area contributed by atoms with Crippen LogP contribution in [-0.4, -0.2) is 24.9 Å². The Bertz CT molecular complexity index is 2400. The summed E-state index contributed by atoms with van der Waals surface area (Å²) in [6.45, 7) is 0. The van der Waals surface area contributed by atoms with Crippen LogP contribution in [0.2, 0.25) is 0 Å². The summed E-state index contributed by atoms with van der Waals surface area (Å²) in [7, 11) is 0. The molecule has 3 aromatic heterocycles. The second kappa shape index (κ2) is 12.6. The maximum absolute atomic E-state index is 6.51. The molecule has 5 aromatic carbocycles. The van der Waals surface area contributed by atoms with Crippen LogP contribution in [0.4, 0.5) is 0 Å². The summed E-state index contributed by atoms with van der Waals surface area (Å²) in [5, 5.41) is 0. The minimum Gasteiger partial charge on any atom is -0.449 e. The predicted molar refractivity (Wildman–Crippen MR) is 195 cm³/mol. The van der Waals surface area contributed by atoms with Crippen molar-refractivity contribution in [3.05, 3.63) is 164 Å². The fourth-order valence-electron chi connectivity index (χ4n) is 6.08. The van der Waals surface area contributed by atoms with Gasteiger partial charge < -0.3 is 9.47 Å². The van der Waals surface area contributed by atoms with Crippen LogP contribution < -0.4 is 9.47 Å². The van der Waals surface area contributed by atoms with E-state index in [1.54, 1.807) is 12.4 Å². The third-order valence-electron chi connectivity index (χ3n) is 8.59. The Hall–Kier alpha value is -6.99. The average Bonchev–Trinajstić information content (AvgIpc) is 3.20. The molecule has 0 radical (unpaired) electrons. The summed E-state index contributed by atoms with van der Waals surface area (Å²) in [5.41, 5.74) is 8.69. The van der Waals surface area contributed by atoms with Crippen molar-refractivity contribution in [2.75, 3.05) is 0 Å². The Kier molecular flexibility index (Phi) is 7.33. The third kappa shape index (κ3) is 5.63. The molecule has 7 heteroatoms. The molecule has 0 N–H and O–H groups in total. The number of ether oxygens (including phenoxy) is 2. The Morgan fingerprint density at radius 1 is 0.320 bits per heavy atom. The maximum Gasteiger partial charge on any atom is 0.170 e. The van der Waals surface area contributed by atoms with Crippen LogP contribution in [0.15, 0.2) is 164 Å². The van der Waals surface area contributed by atoms with Gasteiger partial charge in [0.2, 0.25) is 0 Å². The lowest BCUT2D eigenvalue weighted by molar-refractivity contribution is 0.360. The van der Waals surface area contributed by atoms with Gasteiger partial charge in [0.15, 0.2) is 40.5 Å². The predicted octanol–water partition coefficient (Wildman–Crippen LogP) is 10.6. The number of benzene rings is 5. The molecule has 0 amide bonds. The summed E-state index contributed by atoms with van der Waals surface area (Å²) in [5.74, 6) is 4.44. The summed E-state index contributed by atoms with van der Waals surface area (Å²) in [6, 6.07) is 46.1. The molecule has 0 saturated heterocycles. The van der Waals surface area contributed by atoms with Gasteiger partial charge in [0.05, 0.1) is 0 Å². The molecule has 236 valence electrons. The lowest BCUT2D eigenvalue weighted by atomic mass is 9.95. The molecular weight excluding hydrogens is 619 g/mol. The fourth-order valence-corrected chi connectivity index (χ4v) is 6.08. The highest BCUT2D eigenvalue weighted by atomic mass is 16.6. The van der Waals surface area contributed by atoms with Crippen molar-refractivity contribution in [2.24, 2.45) is 0 Å². The highest BCUT2D eigenvalue weighted by Gasteiger charge is 2.23. The lowest BCUT2D eigenvalue weighted by Gasteiger charge is -2.23. The van der Waals surface area contributed by atoms with Gasteiger partial charge in [-0.1, -0.05) is 103 Å². The molecule has 0 bridgehead atoms. The van der Waals surface area contributed by atoms with Gasteiger partial charge in [0, 0.05) is 52.6 Å². The van der Waals surface area contributed by atoms with Crippen molar-refractivity contribution in [3.63, 3.8) is 0 Å². The van der Waals surface area contributed by atoms with Crippen molar-refractivity contribution in [2.45, 2.75) is 0 Å². The van der Waals surface area contributed by atoms with Gasteiger partial charge in [-0.05, 0) is 58.7 Å². The Morgan fingerprint density at radius 3 is 1.24 bits per heavy atom. The maximum atomic E-state index is 6.51. The molecule has 0 fully saturated rings. The average molecular weight is 646 g/mol. The standard InChI is InChI=1S/C43H27N5O2/c1-3-9-29(10-4-1)41-46-42(30-11-5-2-6-12-30)48-43(47-41)31-17-15-28(16-18-31)32-19-20-37-38(23-32)50-40-25-36(34-14-8-22-45-27-34)35(24-39(40)49-37)33-13-7-21-44-26-33/h1-27H. The monoisotopic (exact) mass is 645 g/mol. The van der Waals surface area contributed by atoms with E-state index in [9.17, 15) is 0 Å². The topological polar surface area (TPSA) is 82.9 Å². The molecule has 9 rings (SSSR count). The van der Waals surface area contributed by atoms with E-state index in [0.29, 0.717) is 40.5 Å². The molecule has 0 aliphatic carbocycles. The van der Waals surface area contributed by atoms with Gasteiger partial charge in [-0.15, -0.1) is 0 Å². The molecule has 8 aromatic rings. The first-order valence-corrected chi connectivity index (χ1v) is 16.2. The number of nitrogens with zero attached hydrogens (tertiary/aromatic N) is 5. The van der Waals surface area contributed by atoms with Crippen LogP contribution in [0, 0.1) is 0 Å². The van der Waals surface area contributed by atoms with E-state index >= 15 is 0 Å². The van der Waals surface area contributed by atoms with Gasteiger partial charge in [-0.25, -0.2) is 15.0 Å². The van der Waals surface area contributed by atoms with E-state index in [1.807, 2.05) is 140 Å². The summed E-state index contributed by atoms with van der Waals surface area (Å²) >= 11 is 0. The van der Waals surface area contributed by atoms with Gasteiger partial charge in [-0.2, -0.15) is 0 Å². The third-order valence-corrected chi connectivity index (χ3v) is 8.59. The number of aromatic nitrogens is 5. The van der Waals surface area contributed by atoms with E-state index in [4.69, 9.17) is 24.4 Å². The summed E-state index contributed by atoms with van der Waals surface area (Å²) in [6.07, 6.45) is 7.23. The molecule has 0 saturated carbocycles. The first kappa shape index (κ1) is 29.2. The number of hydrogen-bond acceptors (Lipinski definition) is 7. The van der Waals surface area contributed by atoms with Crippen LogP contribution >= 0.6 is 0 Å². The SMILES string of the molecule is c1ccc(-c2nc(-c3ccccc3)nc(-c3ccc(-c4ccc5c(c4)Oc4cc(-c6cccnc6)c(-c6cccnc6)cc4O5)cc3)n2)cc1. The summed E-state index contributed by atoms with van der Waals surface area (Å²) < 4.78 is 12.9. The smallest absolute Gasteiger partial charge is 0.170 e. The molecule has 4 heterocycles. The van der Waals surface area contributed by atoms with Crippen LogP contribution in [0.5, 0.6) is 23.0 Å². The normalized spacial score (nSPS) is 11.5. The highest BCUT2D eigenvalue weighted by molar-refractivity contribution is 5.86. The molecule has 0 spiro atoms. The van der Waals surface area contributed by atoms with E-state index in [1.165, 1.54) is 0 Å². The Labute approximate surface area is 288 Å². The van der Waals surface area contributed by atoms with Crippen LogP contribution in [0.3, 0.4) is 0 Å². The van der Waals surface area contributed by atoms with Crippen molar-refractivity contribution in [1.29, 1.82) is 0 Å². The summed E-state index contributed by atoms with van der Waals surface area (Å²) in [4.78, 5) is 23.2. The molecule has 1 aliphatic heterocycles. The minimum absolute atomic E-state index is 0.609. The molecule has 7 nitrogen and oxygen atoms in total. The van der Waals surface area contributed by atoms with Crippen molar-refractivity contribution < 1.29 is 9.47 Å².